The van der Waals surface area contributed by atoms with E-state index < -0.39 is 0 Å². The van der Waals surface area contributed by atoms with Gasteiger partial charge in [0.05, 0.1) is 13.7 Å². The van der Waals surface area contributed by atoms with Crippen LogP contribution in [0.3, 0.4) is 0 Å². The normalized spacial score (nSPS) is 23.0. The summed E-state index contributed by atoms with van der Waals surface area (Å²) in [5.41, 5.74) is 0.878. The van der Waals surface area contributed by atoms with Crippen molar-refractivity contribution in [1.82, 2.24) is 9.80 Å². The van der Waals surface area contributed by atoms with E-state index in [1.54, 1.807) is 7.11 Å². The molecule has 5 nitrogen and oxygen atoms in total. The molecule has 5 heteroatoms. The Morgan fingerprint density at radius 1 is 1.14 bits per heavy atom. The number of methoxy groups -OCH3 is 1. The van der Waals surface area contributed by atoms with Crippen LogP contribution in [0.15, 0.2) is 18.2 Å². The Morgan fingerprint density at radius 2 is 1.89 bits per heavy atom. The van der Waals surface area contributed by atoms with Crippen molar-refractivity contribution in [3.8, 4) is 11.5 Å². The van der Waals surface area contributed by atoms with Gasteiger partial charge in [0, 0.05) is 19.6 Å². The molecule has 2 heterocycles. The van der Waals surface area contributed by atoms with Crippen molar-refractivity contribution in [2.75, 3.05) is 33.4 Å². The van der Waals surface area contributed by atoms with Crippen LogP contribution in [0.4, 0.5) is 0 Å². The van der Waals surface area contributed by atoms with Crippen LogP contribution >= 0.6 is 0 Å². The number of carbonyl (C=O) groups is 1. The molecule has 3 rings (SSSR count). The minimum Gasteiger partial charge on any atom is -0.493 e. The lowest BCUT2D eigenvalue weighted by Gasteiger charge is -2.44. The third kappa shape index (κ3) is 4.29. The Labute approximate surface area is 170 Å². The zero-order valence-electron chi connectivity index (χ0n) is 18.0. The number of nitrogens with zero attached hydrogens (tertiary/aromatic N) is 2. The molecule has 0 bridgehead atoms. The fourth-order valence-electron chi connectivity index (χ4n) is 4.65. The standard InChI is InChI=1S/C23H36N2O3/c1-5-12-24-13-6-10-23(22(24)26)11-7-14-25(23)16-19-8-9-20(21(15-19)27-4)28-17-18(2)3/h8-9,15,18H,5-7,10-14,16-17H2,1-4H3. The molecule has 2 saturated heterocycles. The molecule has 2 aliphatic heterocycles. The van der Waals surface area contributed by atoms with Crippen molar-refractivity contribution < 1.29 is 14.3 Å². The number of rotatable bonds is 8. The predicted octanol–water partition coefficient (Wildman–Crippen LogP) is 4.10. The molecule has 1 aromatic carbocycles. The molecular weight excluding hydrogens is 352 g/mol. The summed E-state index contributed by atoms with van der Waals surface area (Å²) < 4.78 is 11.5. The molecular formula is C23H36N2O3. The summed E-state index contributed by atoms with van der Waals surface area (Å²) in [5, 5.41) is 0. The smallest absolute Gasteiger partial charge is 0.243 e. The van der Waals surface area contributed by atoms with Crippen LogP contribution in [0.5, 0.6) is 11.5 Å². The average Bonchev–Trinajstić information content (AvgIpc) is 3.07. The molecule has 0 radical (unpaired) electrons. The van der Waals surface area contributed by atoms with Crippen molar-refractivity contribution in [2.24, 2.45) is 5.92 Å². The minimum atomic E-state index is -0.298. The Bertz CT molecular complexity index is 674. The van der Waals surface area contributed by atoms with Crippen molar-refractivity contribution in [3.05, 3.63) is 23.8 Å². The molecule has 1 aromatic rings. The molecule has 1 unspecified atom stereocenters. The summed E-state index contributed by atoms with van der Waals surface area (Å²) in [6.45, 7) is 10.7. The maximum atomic E-state index is 13.3. The van der Waals surface area contributed by atoms with Gasteiger partial charge in [-0.2, -0.15) is 0 Å². The molecule has 28 heavy (non-hydrogen) atoms. The molecule has 1 atom stereocenters. The summed E-state index contributed by atoms with van der Waals surface area (Å²) >= 11 is 0. The lowest BCUT2D eigenvalue weighted by atomic mass is 9.85. The van der Waals surface area contributed by atoms with Gasteiger partial charge in [-0.25, -0.2) is 0 Å². The van der Waals surface area contributed by atoms with E-state index in [-0.39, 0.29) is 5.54 Å². The zero-order chi connectivity index (χ0) is 20.1. The fraction of sp³-hybridized carbons (Fsp3) is 0.696. The Hall–Kier alpha value is -1.75. The van der Waals surface area contributed by atoms with Crippen molar-refractivity contribution in [3.63, 3.8) is 0 Å². The summed E-state index contributed by atoms with van der Waals surface area (Å²) in [4.78, 5) is 17.8. The number of likely N-dealkylation sites (tertiary alicyclic amines) is 2. The van der Waals surface area contributed by atoms with E-state index in [4.69, 9.17) is 9.47 Å². The van der Waals surface area contributed by atoms with E-state index in [1.807, 2.05) is 6.07 Å². The van der Waals surface area contributed by atoms with E-state index >= 15 is 0 Å². The van der Waals surface area contributed by atoms with Crippen molar-refractivity contribution in [2.45, 2.75) is 65.0 Å². The number of ether oxygens (including phenoxy) is 2. The van der Waals surface area contributed by atoms with Gasteiger partial charge in [-0.05, 0) is 62.3 Å². The highest BCUT2D eigenvalue weighted by Gasteiger charge is 2.50. The second kappa shape index (κ2) is 9.17. The largest absolute Gasteiger partial charge is 0.493 e. The molecule has 0 N–H and O–H groups in total. The first-order valence-corrected chi connectivity index (χ1v) is 10.8. The summed E-state index contributed by atoms with van der Waals surface area (Å²) in [7, 11) is 1.69. The van der Waals surface area contributed by atoms with Gasteiger partial charge in [-0.1, -0.05) is 26.8 Å². The number of piperidine rings is 1. The predicted molar refractivity (Wildman–Crippen MR) is 112 cm³/mol. The summed E-state index contributed by atoms with van der Waals surface area (Å²) in [6.07, 6.45) is 5.19. The van der Waals surface area contributed by atoms with Crippen LogP contribution in [-0.2, 0) is 11.3 Å². The Morgan fingerprint density at radius 3 is 2.57 bits per heavy atom. The Balaban J connectivity index is 1.76. The van der Waals surface area contributed by atoms with Crippen LogP contribution < -0.4 is 9.47 Å². The third-order valence-corrected chi connectivity index (χ3v) is 5.99. The van der Waals surface area contributed by atoms with Gasteiger partial charge in [0.25, 0.3) is 0 Å². The molecule has 1 spiro atoms. The van der Waals surface area contributed by atoms with Crippen LogP contribution in [0.2, 0.25) is 0 Å². The highest BCUT2D eigenvalue weighted by Crippen LogP contribution is 2.40. The van der Waals surface area contributed by atoms with Crippen LogP contribution in [0, 0.1) is 5.92 Å². The van der Waals surface area contributed by atoms with Gasteiger partial charge in [0.2, 0.25) is 5.91 Å². The Kier molecular flexibility index (Phi) is 6.86. The van der Waals surface area contributed by atoms with Crippen LogP contribution in [-0.4, -0.2) is 54.6 Å². The molecule has 0 saturated carbocycles. The molecule has 156 valence electrons. The summed E-state index contributed by atoms with van der Waals surface area (Å²) in [6, 6.07) is 6.19. The topological polar surface area (TPSA) is 42.0 Å². The van der Waals surface area contributed by atoms with Gasteiger partial charge < -0.3 is 14.4 Å². The van der Waals surface area contributed by atoms with Gasteiger partial charge in [-0.15, -0.1) is 0 Å². The van der Waals surface area contributed by atoms with Gasteiger partial charge >= 0.3 is 0 Å². The molecule has 2 aliphatic rings. The van der Waals surface area contributed by atoms with Crippen LogP contribution in [0.1, 0.15) is 58.4 Å². The second-order valence-corrected chi connectivity index (χ2v) is 8.64. The molecule has 1 amide bonds. The number of amides is 1. The number of hydrogen-bond donors (Lipinski definition) is 0. The van der Waals surface area contributed by atoms with Gasteiger partial charge in [0.1, 0.15) is 5.54 Å². The molecule has 0 aliphatic carbocycles. The quantitative estimate of drug-likeness (QED) is 0.672. The van der Waals surface area contributed by atoms with Crippen LogP contribution in [0.25, 0.3) is 0 Å². The van der Waals surface area contributed by atoms with E-state index in [2.05, 4.69) is 42.7 Å². The number of carbonyl (C=O) groups excluding carboxylic acids is 1. The SMILES string of the molecule is CCCN1CCCC2(CCCN2Cc2ccc(OCC(C)C)c(OC)c2)C1=O. The van der Waals surface area contributed by atoms with Gasteiger partial charge in [-0.3, -0.25) is 9.69 Å². The highest BCUT2D eigenvalue weighted by atomic mass is 16.5. The second-order valence-electron chi connectivity index (χ2n) is 8.64. The fourth-order valence-corrected chi connectivity index (χ4v) is 4.65. The summed E-state index contributed by atoms with van der Waals surface area (Å²) in [5.74, 6) is 2.38. The van der Waals surface area contributed by atoms with E-state index in [9.17, 15) is 4.79 Å². The molecule has 2 fully saturated rings. The first-order chi connectivity index (χ1) is 13.5. The third-order valence-electron chi connectivity index (χ3n) is 5.99. The van der Waals surface area contributed by atoms with Crippen molar-refractivity contribution in [1.29, 1.82) is 0 Å². The van der Waals surface area contributed by atoms with Crippen molar-refractivity contribution >= 4 is 5.91 Å². The zero-order valence-corrected chi connectivity index (χ0v) is 18.0. The van der Waals surface area contributed by atoms with E-state index in [0.717, 1.165) is 69.8 Å². The monoisotopic (exact) mass is 388 g/mol. The highest BCUT2D eigenvalue weighted by molar-refractivity contribution is 5.87. The van der Waals surface area contributed by atoms with E-state index in [1.165, 1.54) is 5.56 Å². The minimum absolute atomic E-state index is 0.298. The van der Waals surface area contributed by atoms with E-state index in [0.29, 0.717) is 18.4 Å². The first kappa shape index (κ1) is 21.0. The maximum Gasteiger partial charge on any atom is 0.243 e. The lowest BCUT2D eigenvalue weighted by molar-refractivity contribution is -0.147. The number of hydrogen-bond acceptors (Lipinski definition) is 4. The van der Waals surface area contributed by atoms with Gasteiger partial charge in [0.15, 0.2) is 11.5 Å². The lowest BCUT2D eigenvalue weighted by Crippen LogP contribution is -2.59. The first-order valence-electron chi connectivity index (χ1n) is 10.8. The molecule has 0 aromatic heterocycles. The number of benzene rings is 1. The average molecular weight is 389 g/mol. The maximum absolute atomic E-state index is 13.3.